The third-order valence-corrected chi connectivity index (χ3v) is 2.98. The van der Waals surface area contributed by atoms with Crippen molar-refractivity contribution in [2.45, 2.75) is 25.3 Å². The van der Waals surface area contributed by atoms with Crippen LogP contribution in [0, 0.1) is 0 Å². The summed E-state index contributed by atoms with van der Waals surface area (Å²) in [5.41, 5.74) is 0.943. The van der Waals surface area contributed by atoms with Crippen molar-refractivity contribution in [2.75, 3.05) is 6.54 Å². The zero-order valence-corrected chi connectivity index (χ0v) is 8.57. The average Bonchev–Trinajstić information content (AvgIpc) is 2.86. The topological polar surface area (TPSA) is 38.1 Å². The van der Waals surface area contributed by atoms with E-state index >= 15 is 0 Å². The number of furan rings is 1. The van der Waals surface area contributed by atoms with Crippen LogP contribution in [0.25, 0.3) is 11.0 Å². The van der Waals surface area contributed by atoms with Gasteiger partial charge in [-0.25, -0.2) is 0 Å². The molecule has 0 aromatic carbocycles. The first-order valence-corrected chi connectivity index (χ1v) is 5.47. The molecule has 0 radical (unpaired) electrons. The van der Waals surface area contributed by atoms with Crippen LogP contribution in [-0.4, -0.2) is 17.6 Å². The second kappa shape index (κ2) is 3.66. The highest BCUT2D eigenvalue weighted by molar-refractivity contribution is 5.76. The Bertz CT molecular complexity index is 424. The summed E-state index contributed by atoms with van der Waals surface area (Å²) < 4.78 is 5.75. The van der Waals surface area contributed by atoms with Crippen LogP contribution >= 0.6 is 0 Å². The van der Waals surface area contributed by atoms with Gasteiger partial charge < -0.3 is 9.73 Å². The lowest BCUT2D eigenvalue weighted by Crippen LogP contribution is -2.23. The summed E-state index contributed by atoms with van der Waals surface area (Å²) in [6.45, 7) is 1.15. The number of hydrogen-bond acceptors (Lipinski definition) is 3. The van der Waals surface area contributed by atoms with Gasteiger partial charge in [0.25, 0.3) is 0 Å². The SMILES string of the molecule is c1cc2oc(CC3CCCN3)cc2cn1. The number of fused-ring (bicyclic) bond motifs is 1. The van der Waals surface area contributed by atoms with Gasteiger partial charge >= 0.3 is 0 Å². The molecule has 0 amide bonds. The Labute approximate surface area is 88.5 Å². The molecule has 0 spiro atoms. The molecule has 0 saturated carbocycles. The first kappa shape index (κ1) is 8.92. The Balaban J connectivity index is 1.84. The molecule has 0 aliphatic carbocycles. The highest BCUT2D eigenvalue weighted by Gasteiger charge is 2.16. The van der Waals surface area contributed by atoms with Crippen molar-refractivity contribution >= 4 is 11.0 Å². The minimum atomic E-state index is 0.596. The minimum absolute atomic E-state index is 0.596. The van der Waals surface area contributed by atoms with Crippen molar-refractivity contribution in [3.63, 3.8) is 0 Å². The van der Waals surface area contributed by atoms with Gasteiger partial charge in [0.1, 0.15) is 11.3 Å². The van der Waals surface area contributed by atoms with Crippen LogP contribution < -0.4 is 5.32 Å². The van der Waals surface area contributed by atoms with Crippen molar-refractivity contribution in [1.29, 1.82) is 0 Å². The Morgan fingerprint density at radius 1 is 1.53 bits per heavy atom. The van der Waals surface area contributed by atoms with Crippen LogP contribution in [0.4, 0.5) is 0 Å². The normalized spacial score (nSPS) is 21.2. The molecular weight excluding hydrogens is 188 g/mol. The van der Waals surface area contributed by atoms with Gasteiger partial charge in [0.15, 0.2) is 0 Å². The standard InChI is InChI=1S/C12H14N2O/c1-2-10(14-4-1)7-11-6-9-8-13-5-3-12(9)15-11/h3,5-6,8,10,14H,1-2,4,7H2. The molecular formula is C12H14N2O. The summed E-state index contributed by atoms with van der Waals surface area (Å²) in [6, 6.07) is 4.61. The molecule has 1 aliphatic heterocycles. The van der Waals surface area contributed by atoms with Gasteiger partial charge in [-0.05, 0) is 31.5 Å². The van der Waals surface area contributed by atoms with E-state index in [2.05, 4.69) is 16.4 Å². The Morgan fingerprint density at radius 2 is 2.53 bits per heavy atom. The number of aromatic nitrogens is 1. The molecule has 1 fully saturated rings. The minimum Gasteiger partial charge on any atom is -0.461 e. The van der Waals surface area contributed by atoms with Gasteiger partial charge in [-0.1, -0.05) is 0 Å². The molecule has 3 nitrogen and oxygen atoms in total. The summed E-state index contributed by atoms with van der Waals surface area (Å²) >= 11 is 0. The zero-order valence-electron chi connectivity index (χ0n) is 8.57. The van der Waals surface area contributed by atoms with Gasteiger partial charge in [-0.15, -0.1) is 0 Å². The smallest absolute Gasteiger partial charge is 0.137 e. The van der Waals surface area contributed by atoms with E-state index in [0.29, 0.717) is 6.04 Å². The summed E-state index contributed by atoms with van der Waals surface area (Å²) in [6.07, 6.45) is 7.16. The molecule has 1 atom stereocenters. The highest BCUT2D eigenvalue weighted by atomic mass is 16.3. The molecule has 1 aliphatic rings. The van der Waals surface area contributed by atoms with E-state index in [-0.39, 0.29) is 0 Å². The third kappa shape index (κ3) is 1.75. The molecule has 1 saturated heterocycles. The van der Waals surface area contributed by atoms with Crippen LogP contribution in [-0.2, 0) is 6.42 Å². The number of hydrogen-bond donors (Lipinski definition) is 1. The Hall–Kier alpha value is -1.35. The van der Waals surface area contributed by atoms with Crippen molar-refractivity contribution < 1.29 is 4.42 Å². The molecule has 2 aromatic rings. The van der Waals surface area contributed by atoms with Gasteiger partial charge in [0, 0.05) is 30.2 Å². The number of nitrogens with one attached hydrogen (secondary N) is 1. The van der Waals surface area contributed by atoms with Crippen LogP contribution in [0.5, 0.6) is 0 Å². The Kier molecular flexibility index (Phi) is 2.18. The third-order valence-electron chi connectivity index (χ3n) is 2.98. The zero-order chi connectivity index (χ0) is 10.1. The van der Waals surface area contributed by atoms with E-state index in [1.54, 1.807) is 6.20 Å². The molecule has 2 aromatic heterocycles. The number of rotatable bonds is 2. The largest absolute Gasteiger partial charge is 0.461 e. The summed E-state index contributed by atoms with van der Waals surface area (Å²) in [5, 5.41) is 4.58. The lowest BCUT2D eigenvalue weighted by Gasteiger charge is -2.06. The van der Waals surface area contributed by atoms with E-state index in [9.17, 15) is 0 Å². The molecule has 1 unspecified atom stereocenters. The van der Waals surface area contributed by atoms with Crippen LogP contribution in [0.1, 0.15) is 18.6 Å². The highest BCUT2D eigenvalue weighted by Crippen LogP contribution is 2.20. The monoisotopic (exact) mass is 202 g/mol. The second-order valence-electron chi connectivity index (χ2n) is 4.12. The molecule has 3 rings (SSSR count). The van der Waals surface area contributed by atoms with E-state index < -0.39 is 0 Å². The fourth-order valence-corrected chi connectivity index (χ4v) is 2.21. The van der Waals surface area contributed by atoms with Crippen molar-refractivity contribution in [3.8, 4) is 0 Å². The quantitative estimate of drug-likeness (QED) is 0.810. The van der Waals surface area contributed by atoms with E-state index in [1.807, 2.05) is 12.3 Å². The van der Waals surface area contributed by atoms with E-state index in [1.165, 1.54) is 12.8 Å². The van der Waals surface area contributed by atoms with Crippen LogP contribution in [0.3, 0.4) is 0 Å². The first-order valence-electron chi connectivity index (χ1n) is 5.47. The molecule has 15 heavy (non-hydrogen) atoms. The summed E-state index contributed by atoms with van der Waals surface area (Å²) in [4.78, 5) is 4.08. The van der Waals surface area contributed by atoms with Crippen molar-refractivity contribution in [3.05, 3.63) is 30.3 Å². The van der Waals surface area contributed by atoms with Gasteiger partial charge in [-0.2, -0.15) is 0 Å². The Morgan fingerprint density at radius 3 is 3.33 bits per heavy atom. The fraction of sp³-hybridized carbons (Fsp3) is 0.417. The van der Waals surface area contributed by atoms with Gasteiger partial charge in [0.2, 0.25) is 0 Å². The molecule has 3 heteroatoms. The fourth-order valence-electron chi connectivity index (χ4n) is 2.21. The van der Waals surface area contributed by atoms with Gasteiger partial charge in [-0.3, -0.25) is 4.98 Å². The molecule has 1 N–H and O–H groups in total. The van der Waals surface area contributed by atoms with Gasteiger partial charge in [0.05, 0.1) is 0 Å². The van der Waals surface area contributed by atoms with Crippen molar-refractivity contribution in [1.82, 2.24) is 10.3 Å². The molecule has 0 bridgehead atoms. The first-order chi connectivity index (χ1) is 7.42. The molecule has 3 heterocycles. The maximum atomic E-state index is 5.75. The van der Waals surface area contributed by atoms with Crippen LogP contribution in [0.15, 0.2) is 28.9 Å². The predicted octanol–water partition coefficient (Wildman–Crippen LogP) is 2.12. The second-order valence-corrected chi connectivity index (χ2v) is 4.12. The number of nitrogens with zero attached hydrogens (tertiary/aromatic N) is 1. The number of pyridine rings is 1. The van der Waals surface area contributed by atoms with Crippen LogP contribution in [0.2, 0.25) is 0 Å². The average molecular weight is 202 g/mol. The predicted molar refractivity (Wildman–Crippen MR) is 58.7 cm³/mol. The maximum Gasteiger partial charge on any atom is 0.137 e. The lowest BCUT2D eigenvalue weighted by atomic mass is 10.1. The van der Waals surface area contributed by atoms with Crippen molar-refractivity contribution in [2.24, 2.45) is 0 Å². The lowest BCUT2D eigenvalue weighted by molar-refractivity contribution is 0.494. The summed E-state index contributed by atoms with van der Waals surface area (Å²) in [7, 11) is 0. The molecule has 78 valence electrons. The van der Waals surface area contributed by atoms with E-state index in [0.717, 1.165) is 29.7 Å². The van der Waals surface area contributed by atoms with E-state index in [4.69, 9.17) is 4.42 Å². The maximum absolute atomic E-state index is 5.75. The summed E-state index contributed by atoms with van der Waals surface area (Å²) in [5.74, 6) is 1.07.